The minimum atomic E-state index is 0.492. The van der Waals surface area contributed by atoms with Gasteiger partial charge in [-0.15, -0.1) is 0 Å². The first-order valence-electron chi connectivity index (χ1n) is 5.35. The Bertz CT molecular complexity index is 401. The highest BCUT2D eigenvalue weighted by molar-refractivity contribution is 5.64. The van der Waals surface area contributed by atoms with Crippen molar-refractivity contribution < 1.29 is 0 Å². The minimum absolute atomic E-state index is 0.492. The Morgan fingerprint density at radius 3 is 3.20 bits per heavy atom. The summed E-state index contributed by atoms with van der Waals surface area (Å²) in [7, 11) is 0. The second kappa shape index (κ2) is 3.93. The van der Waals surface area contributed by atoms with Gasteiger partial charge in [-0.2, -0.15) is 5.10 Å². The van der Waals surface area contributed by atoms with Gasteiger partial charge in [-0.3, -0.25) is 0 Å². The fourth-order valence-corrected chi connectivity index (χ4v) is 1.85. The van der Waals surface area contributed by atoms with E-state index in [9.17, 15) is 0 Å². The van der Waals surface area contributed by atoms with E-state index in [-0.39, 0.29) is 0 Å². The van der Waals surface area contributed by atoms with Crippen molar-refractivity contribution in [2.45, 2.75) is 26.3 Å². The van der Waals surface area contributed by atoms with E-state index in [0.29, 0.717) is 6.04 Å². The lowest BCUT2D eigenvalue weighted by atomic mass is 10.2. The van der Waals surface area contributed by atoms with Crippen molar-refractivity contribution in [1.82, 2.24) is 9.78 Å². The first-order chi connectivity index (χ1) is 7.22. The molecule has 0 saturated carbocycles. The van der Waals surface area contributed by atoms with Crippen molar-refractivity contribution >= 4 is 11.4 Å². The third-order valence-electron chi connectivity index (χ3n) is 2.79. The van der Waals surface area contributed by atoms with Crippen molar-refractivity contribution in [3.63, 3.8) is 0 Å². The highest BCUT2D eigenvalue weighted by Crippen LogP contribution is 2.26. The van der Waals surface area contributed by atoms with E-state index in [1.165, 1.54) is 0 Å². The summed E-state index contributed by atoms with van der Waals surface area (Å²) in [6.45, 7) is 8.99. The highest BCUT2D eigenvalue weighted by Gasteiger charge is 2.17. The molecule has 0 aromatic carbocycles. The summed E-state index contributed by atoms with van der Waals surface area (Å²) in [6.07, 6.45) is 4.92. The Balaban J connectivity index is 2.37. The van der Waals surface area contributed by atoms with Gasteiger partial charge in [0, 0.05) is 12.6 Å². The van der Waals surface area contributed by atoms with Crippen LogP contribution in [0.15, 0.2) is 24.8 Å². The molecule has 0 radical (unpaired) electrons. The zero-order valence-electron chi connectivity index (χ0n) is 9.33. The van der Waals surface area contributed by atoms with Crippen LogP contribution in [-0.4, -0.2) is 16.3 Å². The van der Waals surface area contributed by atoms with Crippen LogP contribution in [0.2, 0.25) is 0 Å². The zero-order valence-corrected chi connectivity index (χ0v) is 9.33. The van der Waals surface area contributed by atoms with Gasteiger partial charge in [-0.25, -0.2) is 4.68 Å². The Morgan fingerprint density at radius 1 is 1.73 bits per heavy atom. The number of rotatable bonds is 2. The summed E-state index contributed by atoms with van der Waals surface area (Å²) >= 11 is 0. The van der Waals surface area contributed by atoms with E-state index in [2.05, 4.69) is 41.6 Å². The zero-order chi connectivity index (χ0) is 10.8. The van der Waals surface area contributed by atoms with E-state index in [0.717, 1.165) is 30.1 Å². The minimum Gasteiger partial charge on any atom is -0.370 e. The molecule has 2 rings (SSSR count). The Hall–Kier alpha value is -1.51. The van der Waals surface area contributed by atoms with Crippen LogP contribution in [0.3, 0.4) is 0 Å². The van der Waals surface area contributed by atoms with Crippen LogP contribution in [0, 0.1) is 0 Å². The lowest BCUT2D eigenvalue weighted by molar-refractivity contribution is 0.452. The molecular weight excluding hydrogens is 186 g/mol. The molecule has 0 saturated heterocycles. The summed E-state index contributed by atoms with van der Waals surface area (Å²) in [4.78, 5) is 0. The maximum Gasteiger partial charge on any atom is 0.125 e. The number of hydrogen-bond donors (Lipinski definition) is 1. The lowest BCUT2D eigenvalue weighted by Gasteiger charge is -2.21. The molecule has 1 aliphatic heterocycles. The van der Waals surface area contributed by atoms with Crippen molar-refractivity contribution in [3.8, 4) is 0 Å². The fraction of sp³-hybridized carbons (Fsp3) is 0.417. The molecule has 3 heteroatoms. The van der Waals surface area contributed by atoms with Gasteiger partial charge in [0.2, 0.25) is 0 Å². The fourth-order valence-electron chi connectivity index (χ4n) is 1.85. The Labute approximate surface area is 90.5 Å². The lowest BCUT2D eigenvalue weighted by Crippen LogP contribution is -2.21. The molecule has 1 N–H and O–H groups in total. The molecule has 0 fully saturated rings. The van der Waals surface area contributed by atoms with Gasteiger partial charge < -0.3 is 5.32 Å². The van der Waals surface area contributed by atoms with Gasteiger partial charge in [0.05, 0.1) is 11.7 Å². The molecule has 80 valence electrons. The topological polar surface area (TPSA) is 29.9 Å². The van der Waals surface area contributed by atoms with Crippen LogP contribution in [0.5, 0.6) is 0 Å². The van der Waals surface area contributed by atoms with Crippen molar-refractivity contribution in [1.29, 1.82) is 0 Å². The van der Waals surface area contributed by atoms with Crippen molar-refractivity contribution in [2.75, 3.05) is 11.9 Å². The molecule has 1 unspecified atom stereocenters. The summed E-state index contributed by atoms with van der Waals surface area (Å²) in [5, 5.41) is 7.95. The second-order valence-corrected chi connectivity index (χ2v) is 4.01. The first kappa shape index (κ1) is 10.0. The number of allylic oxidation sites excluding steroid dienone is 3. The van der Waals surface area contributed by atoms with Gasteiger partial charge in [-0.1, -0.05) is 18.7 Å². The van der Waals surface area contributed by atoms with E-state index in [1.807, 2.05) is 6.08 Å². The average Bonchev–Trinajstić information content (AvgIpc) is 2.63. The molecule has 2 heterocycles. The maximum absolute atomic E-state index is 4.59. The van der Waals surface area contributed by atoms with E-state index in [1.54, 1.807) is 6.08 Å². The summed E-state index contributed by atoms with van der Waals surface area (Å²) in [5.41, 5.74) is 2.19. The maximum atomic E-state index is 4.59. The number of hydrogen-bond acceptors (Lipinski definition) is 2. The van der Waals surface area contributed by atoms with Crippen molar-refractivity contribution in [2.24, 2.45) is 0 Å². The summed E-state index contributed by atoms with van der Waals surface area (Å²) in [6, 6.07) is 2.59. The summed E-state index contributed by atoms with van der Waals surface area (Å²) < 4.78 is 2.07. The van der Waals surface area contributed by atoms with Crippen LogP contribution < -0.4 is 5.32 Å². The number of aromatic nitrogens is 2. The predicted octanol–water partition coefficient (Wildman–Crippen LogP) is 2.85. The normalized spacial score (nSPS) is 20.7. The van der Waals surface area contributed by atoms with Crippen LogP contribution >= 0.6 is 0 Å². The largest absolute Gasteiger partial charge is 0.370 e. The van der Waals surface area contributed by atoms with Crippen molar-refractivity contribution in [3.05, 3.63) is 30.5 Å². The first-order valence-corrected chi connectivity index (χ1v) is 5.35. The number of anilines is 1. The van der Waals surface area contributed by atoms with Gasteiger partial charge >= 0.3 is 0 Å². The number of nitrogens with zero attached hydrogens (tertiary/aromatic N) is 2. The van der Waals surface area contributed by atoms with Crippen LogP contribution in [0.25, 0.3) is 5.57 Å². The smallest absolute Gasteiger partial charge is 0.125 e. The Morgan fingerprint density at radius 2 is 2.53 bits per heavy atom. The predicted molar refractivity (Wildman–Crippen MR) is 63.9 cm³/mol. The molecule has 1 aliphatic rings. The van der Waals surface area contributed by atoms with Gasteiger partial charge in [0.25, 0.3) is 0 Å². The molecule has 3 nitrogen and oxygen atoms in total. The number of fused-ring (bicyclic) bond motifs is 1. The molecule has 0 bridgehead atoms. The average molecular weight is 203 g/mol. The molecule has 0 aliphatic carbocycles. The molecule has 15 heavy (non-hydrogen) atoms. The monoisotopic (exact) mass is 203 g/mol. The van der Waals surface area contributed by atoms with Crippen LogP contribution in [0.4, 0.5) is 5.82 Å². The van der Waals surface area contributed by atoms with Gasteiger partial charge in [0.1, 0.15) is 5.82 Å². The molecule has 1 aromatic rings. The molecule has 0 amide bonds. The third-order valence-corrected chi connectivity index (χ3v) is 2.79. The van der Waals surface area contributed by atoms with E-state index >= 15 is 0 Å². The molecule has 0 spiro atoms. The summed E-state index contributed by atoms with van der Waals surface area (Å²) in [5.74, 6) is 1.13. The van der Waals surface area contributed by atoms with Gasteiger partial charge in [-0.05, 0) is 25.8 Å². The standard InChI is InChI=1S/C12H17N3/c1-4-5-9(2)11-8-12-13-7-6-10(3)15(12)14-11/h4-5,8,10,13H,1,6-7H2,2-3H3/b9-5+. The third kappa shape index (κ3) is 1.82. The van der Waals surface area contributed by atoms with Gasteiger partial charge in [0.15, 0.2) is 0 Å². The van der Waals surface area contributed by atoms with E-state index < -0.39 is 0 Å². The van der Waals surface area contributed by atoms with E-state index in [4.69, 9.17) is 0 Å². The molecule has 1 aromatic heterocycles. The number of nitrogens with one attached hydrogen (secondary N) is 1. The SMILES string of the molecule is C=C/C=C(\C)c1cc2n(n1)C(C)CCN2. The Kier molecular flexibility index (Phi) is 2.62. The van der Waals surface area contributed by atoms with Crippen LogP contribution in [-0.2, 0) is 0 Å². The molecular formula is C12H17N3. The quantitative estimate of drug-likeness (QED) is 0.749. The second-order valence-electron chi connectivity index (χ2n) is 4.01. The highest BCUT2D eigenvalue weighted by atomic mass is 15.4. The van der Waals surface area contributed by atoms with Crippen LogP contribution in [0.1, 0.15) is 32.0 Å². The molecule has 1 atom stereocenters.